The first-order valence-corrected chi connectivity index (χ1v) is 5.52. The summed E-state index contributed by atoms with van der Waals surface area (Å²) in [6.07, 6.45) is 0. The Morgan fingerprint density at radius 2 is 2.28 bits per heavy atom. The van der Waals surface area contributed by atoms with Crippen molar-refractivity contribution in [3.05, 3.63) is 35.5 Å². The van der Waals surface area contributed by atoms with Crippen molar-refractivity contribution in [3.63, 3.8) is 0 Å². The zero-order valence-electron chi connectivity index (χ0n) is 10.2. The van der Waals surface area contributed by atoms with Crippen molar-refractivity contribution < 1.29 is 14.6 Å². The number of aromatic nitrogens is 1. The van der Waals surface area contributed by atoms with Crippen molar-refractivity contribution >= 4 is 16.9 Å². The van der Waals surface area contributed by atoms with Crippen LogP contribution in [0.4, 0.5) is 0 Å². The van der Waals surface area contributed by atoms with E-state index >= 15 is 0 Å². The average Bonchev–Trinajstić information content (AvgIpc) is 2.37. The lowest BCUT2D eigenvalue weighted by Gasteiger charge is -2.09. The maximum atomic E-state index is 11.3. The van der Waals surface area contributed by atoms with Crippen LogP contribution in [0.25, 0.3) is 10.9 Å². The highest BCUT2D eigenvalue weighted by molar-refractivity contribution is 6.04. The number of rotatable bonds is 4. The molecule has 18 heavy (non-hydrogen) atoms. The van der Waals surface area contributed by atoms with Gasteiger partial charge in [0.1, 0.15) is 11.3 Å². The van der Waals surface area contributed by atoms with Crippen LogP contribution < -0.4 is 10.1 Å². The number of carbonyl (C=O) groups is 1. The van der Waals surface area contributed by atoms with Gasteiger partial charge < -0.3 is 15.2 Å². The molecule has 0 aliphatic heterocycles. The highest BCUT2D eigenvalue weighted by Crippen LogP contribution is 2.26. The van der Waals surface area contributed by atoms with Gasteiger partial charge in [-0.25, -0.2) is 9.78 Å². The summed E-state index contributed by atoms with van der Waals surface area (Å²) in [5.74, 6) is -0.388. The molecule has 0 radical (unpaired) electrons. The molecule has 0 spiro atoms. The molecule has 1 heterocycles. The number of aromatic carboxylic acids is 1. The van der Waals surface area contributed by atoms with Gasteiger partial charge in [0.25, 0.3) is 0 Å². The third kappa shape index (κ3) is 2.12. The van der Waals surface area contributed by atoms with Gasteiger partial charge in [-0.1, -0.05) is 12.1 Å². The molecule has 0 fully saturated rings. The summed E-state index contributed by atoms with van der Waals surface area (Å²) in [4.78, 5) is 15.7. The third-order valence-corrected chi connectivity index (χ3v) is 2.66. The van der Waals surface area contributed by atoms with Crippen molar-refractivity contribution in [2.75, 3.05) is 14.2 Å². The van der Waals surface area contributed by atoms with E-state index in [-0.39, 0.29) is 5.56 Å². The number of para-hydroxylation sites is 1. The van der Waals surface area contributed by atoms with Crippen LogP contribution in [0.2, 0.25) is 0 Å². The molecule has 0 saturated carbocycles. The van der Waals surface area contributed by atoms with Crippen molar-refractivity contribution in [1.29, 1.82) is 0 Å². The summed E-state index contributed by atoms with van der Waals surface area (Å²) in [5.41, 5.74) is 1.49. The van der Waals surface area contributed by atoms with E-state index in [1.165, 1.54) is 0 Å². The smallest absolute Gasteiger partial charge is 0.336 e. The number of carboxylic acids is 1. The molecule has 0 amide bonds. The Morgan fingerprint density at radius 1 is 1.50 bits per heavy atom. The Bertz CT molecular complexity index is 596. The van der Waals surface area contributed by atoms with Gasteiger partial charge in [0.15, 0.2) is 0 Å². The second kappa shape index (κ2) is 5.01. The van der Waals surface area contributed by atoms with Crippen molar-refractivity contribution in [2.24, 2.45) is 0 Å². The summed E-state index contributed by atoms with van der Waals surface area (Å²) >= 11 is 0. The van der Waals surface area contributed by atoms with Gasteiger partial charge in [-0.2, -0.15) is 0 Å². The van der Waals surface area contributed by atoms with E-state index in [2.05, 4.69) is 10.3 Å². The average molecular weight is 246 g/mol. The SMILES string of the molecule is CNCc1cc(C(=O)O)c2cccc(OC)c2n1. The standard InChI is InChI=1S/C13H14N2O3/c1-14-7-8-6-10(13(16)17)9-4-3-5-11(18-2)12(9)15-8/h3-6,14H,7H2,1-2H3,(H,16,17). The summed E-state index contributed by atoms with van der Waals surface area (Å²) < 4.78 is 5.22. The van der Waals surface area contributed by atoms with Crippen molar-refractivity contribution in [2.45, 2.75) is 6.54 Å². The highest BCUT2D eigenvalue weighted by Gasteiger charge is 2.14. The number of carboxylic acid groups (broad SMARTS) is 1. The molecule has 0 aliphatic rings. The summed E-state index contributed by atoms with van der Waals surface area (Å²) in [6.45, 7) is 0.508. The number of nitrogens with one attached hydrogen (secondary N) is 1. The number of fused-ring (bicyclic) bond motifs is 1. The molecule has 0 atom stereocenters. The van der Waals surface area contributed by atoms with Crippen molar-refractivity contribution in [3.8, 4) is 5.75 Å². The maximum Gasteiger partial charge on any atom is 0.336 e. The molecule has 1 aromatic heterocycles. The number of benzene rings is 1. The van der Waals surface area contributed by atoms with Crippen LogP contribution in [0.3, 0.4) is 0 Å². The summed E-state index contributed by atoms with van der Waals surface area (Å²) in [5, 5.41) is 12.8. The molecule has 0 aliphatic carbocycles. The molecular weight excluding hydrogens is 232 g/mol. The molecule has 1 aromatic carbocycles. The van der Waals surface area contributed by atoms with Crippen molar-refractivity contribution in [1.82, 2.24) is 10.3 Å². The van der Waals surface area contributed by atoms with Crippen LogP contribution in [0.1, 0.15) is 16.1 Å². The lowest BCUT2D eigenvalue weighted by molar-refractivity contribution is 0.0699. The third-order valence-electron chi connectivity index (χ3n) is 2.66. The Morgan fingerprint density at radius 3 is 2.89 bits per heavy atom. The van der Waals surface area contributed by atoms with E-state index in [1.54, 1.807) is 38.4 Å². The second-order valence-corrected chi connectivity index (χ2v) is 3.85. The molecule has 2 rings (SSSR count). The summed E-state index contributed by atoms with van der Waals surface area (Å²) in [6, 6.07) is 6.84. The molecule has 0 saturated heterocycles. The Hall–Kier alpha value is -2.14. The zero-order valence-corrected chi connectivity index (χ0v) is 10.2. The van der Waals surface area contributed by atoms with Crippen LogP contribution in [-0.2, 0) is 6.54 Å². The maximum absolute atomic E-state index is 11.3. The van der Waals surface area contributed by atoms with E-state index in [0.29, 0.717) is 28.9 Å². The fraction of sp³-hybridized carbons (Fsp3) is 0.231. The minimum absolute atomic E-state index is 0.240. The first kappa shape index (κ1) is 12.3. The Balaban J connectivity index is 2.76. The normalized spacial score (nSPS) is 10.6. The van der Waals surface area contributed by atoms with Gasteiger partial charge in [-0.3, -0.25) is 0 Å². The second-order valence-electron chi connectivity index (χ2n) is 3.85. The van der Waals surface area contributed by atoms with Crippen LogP contribution in [0.15, 0.2) is 24.3 Å². The molecular formula is C13H14N2O3. The largest absolute Gasteiger partial charge is 0.494 e. The van der Waals surface area contributed by atoms with E-state index in [1.807, 2.05) is 0 Å². The Kier molecular flexibility index (Phi) is 3.43. The van der Waals surface area contributed by atoms with E-state index in [4.69, 9.17) is 4.74 Å². The summed E-state index contributed by atoms with van der Waals surface area (Å²) in [7, 11) is 3.33. The number of nitrogens with zero attached hydrogens (tertiary/aromatic N) is 1. The van der Waals surface area contributed by atoms with E-state index < -0.39 is 5.97 Å². The lowest BCUT2D eigenvalue weighted by atomic mass is 10.1. The van der Waals surface area contributed by atoms with Gasteiger partial charge in [0.05, 0.1) is 18.4 Å². The van der Waals surface area contributed by atoms with Gasteiger partial charge in [0, 0.05) is 11.9 Å². The topological polar surface area (TPSA) is 71.5 Å². The van der Waals surface area contributed by atoms with E-state index in [9.17, 15) is 9.90 Å². The fourth-order valence-corrected chi connectivity index (χ4v) is 1.89. The molecule has 0 bridgehead atoms. The minimum Gasteiger partial charge on any atom is -0.494 e. The first-order chi connectivity index (χ1) is 8.67. The van der Waals surface area contributed by atoms with Crippen LogP contribution in [0, 0.1) is 0 Å². The number of hydrogen-bond donors (Lipinski definition) is 2. The van der Waals surface area contributed by atoms with Crippen LogP contribution in [0.5, 0.6) is 5.75 Å². The highest BCUT2D eigenvalue weighted by atomic mass is 16.5. The van der Waals surface area contributed by atoms with E-state index in [0.717, 1.165) is 0 Å². The lowest BCUT2D eigenvalue weighted by Crippen LogP contribution is -2.09. The molecule has 94 valence electrons. The van der Waals surface area contributed by atoms with Crippen LogP contribution in [-0.4, -0.2) is 30.2 Å². The Labute approximate surface area is 104 Å². The predicted molar refractivity (Wildman–Crippen MR) is 68.0 cm³/mol. The molecule has 5 heteroatoms. The number of pyridine rings is 1. The monoisotopic (exact) mass is 246 g/mol. The fourth-order valence-electron chi connectivity index (χ4n) is 1.89. The molecule has 0 unspecified atom stereocenters. The zero-order chi connectivity index (χ0) is 13.1. The number of hydrogen-bond acceptors (Lipinski definition) is 4. The van der Waals surface area contributed by atoms with Gasteiger partial charge in [0.2, 0.25) is 0 Å². The first-order valence-electron chi connectivity index (χ1n) is 5.52. The predicted octanol–water partition coefficient (Wildman–Crippen LogP) is 1.66. The van der Waals surface area contributed by atoms with Gasteiger partial charge >= 0.3 is 5.97 Å². The van der Waals surface area contributed by atoms with Crippen LogP contribution >= 0.6 is 0 Å². The number of methoxy groups -OCH3 is 1. The molecule has 2 aromatic rings. The minimum atomic E-state index is -0.965. The van der Waals surface area contributed by atoms with Gasteiger partial charge in [-0.15, -0.1) is 0 Å². The van der Waals surface area contributed by atoms with Gasteiger partial charge in [-0.05, 0) is 19.2 Å². The quantitative estimate of drug-likeness (QED) is 0.858. The number of ether oxygens (including phenoxy) is 1. The molecule has 5 nitrogen and oxygen atoms in total. The molecule has 2 N–H and O–H groups in total.